The second-order valence-electron chi connectivity index (χ2n) is 14.0. The average molecular weight is 541 g/mol. The van der Waals surface area contributed by atoms with Gasteiger partial charge in [0.05, 0.1) is 28.1 Å². The highest BCUT2D eigenvalue weighted by molar-refractivity contribution is 7.85. The van der Waals surface area contributed by atoms with E-state index < -0.39 is 21.9 Å². The van der Waals surface area contributed by atoms with Crippen LogP contribution in [0.2, 0.25) is 0 Å². The maximum atomic E-state index is 12.7. The summed E-state index contributed by atoms with van der Waals surface area (Å²) in [6, 6.07) is -0.673. The van der Waals surface area contributed by atoms with Crippen LogP contribution in [0.1, 0.15) is 98.8 Å². The van der Waals surface area contributed by atoms with Gasteiger partial charge in [0.15, 0.2) is 0 Å². The summed E-state index contributed by atoms with van der Waals surface area (Å²) in [5.74, 6) is 1.91. The lowest BCUT2D eigenvalue weighted by molar-refractivity contribution is -0.175. The highest BCUT2D eigenvalue weighted by atomic mass is 32.2. The summed E-state index contributed by atoms with van der Waals surface area (Å²) in [7, 11) is -4.42. The molecule has 0 radical (unpaired) electrons. The van der Waals surface area contributed by atoms with E-state index in [-0.39, 0.29) is 40.8 Å². The topological polar surface area (TPSA) is 127 Å². The lowest BCUT2D eigenvalue weighted by Crippen LogP contribution is -2.58. The molecule has 37 heavy (non-hydrogen) atoms. The van der Waals surface area contributed by atoms with Crippen LogP contribution in [0.5, 0.6) is 0 Å². The van der Waals surface area contributed by atoms with Crippen LogP contribution < -0.4 is 5.32 Å². The predicted octanol–water partition coefficient (Wildman–Crippen LogP) is 4.08. The Labute approximate surface area is 224 Å². The number of hydrogen-bond acceptors (Lipinski definition) is 6. The van der Waals surface area contributed by atoms with Crippen molar-refractivity contribution in [1.82, 2.24) is 5.32 Å². The third-order valence-electron chi connectivity index (χ3n) is 11.9. The number of amides is 1. The van der Waals surface area contributed by atoms with Crippen LogP contribution >= 0.6 is 0 Å². The lowest BCUT2D eigenvalue weighted by Gasteiger charge is -2.62. The Hall–Kier alpha value is -0.700. The zero-order valence-electron chi connectivity index (χ0n) is 23.5. The van der Waals surface area contributed by atoms with Crippen molar-refractivity contribution in [2.45, 2.75) is 117 Å². The maximum Gasteiger partial charge on any atom is 0.220 e. The van der Waals surface area contributed by atoms with Crippen LogP contribution in [0, 0.1) is 52.3 Å². The minimum Gasteiger partial charge on any atom is -0.748 e. The van der Waals surface area contributed by atoms with Gasteiger partial charge in [-0.1, -0.05) is 34.6 Å². The summed E-state index contributed by atoms with van der Waals surface area (Å²) in [5.41, 5.74) is 0.0717. The Morgan fingerprint density at radius 2 is 1.73 bits per heavy atom. The van der Waals surface area contributed by atoms with E-state index in [1.165, 1.54) is 12.8 Å². The van der Waals surface area contributed by atoms with Gasteiger partial charge in [0.1, 0.15) is 0 Å². The summed E-state index contributed by atoms with van der Waals surface area (Å²) < 4.78 is 33.7. The highest BCUT2D eigenvalue weighted by Gasteiger charge is 2.63. The van der Waals surface area contributed by atoms with Crippen molar-refractivity contribution >= 4 is 16.0 Å². The zero-order valence-corrected chi connectivity index (χ0v) is 24.3. The molecule has 214 valence electrons. The number of nitrogens with one attached hydrogen (secondary N) is 1. The molecule has 0 aliphatic heterocycles. The molecule has 11 atom stereocenters. The molecule has 0 bridgehead atoms. The summed E-state index contributed by atoms with van der Waals surface area (Å²) in [6.07, 6.45) is 8.79. The molecule has 0 unspecified atom stereocenters. The molecule has 0 saturated heterocycles. The van der Waals surface area contributed by atoms with Gasteiger partial charge in [-0.3, -0.25) is 4.79 Å². The monoisotopic (exact) mass is 540 g/mol. The molecular formula is C29H50NO6S-. The van der Waals surface area contributed by atoms with Crippen molar-refractivity contribution in [2.75, 3.05) is 5.75 Å². The fraction of sp³-hybridized carbons (Fsp3) is 0.966. The first kappa shape index (κ1) is 29.3. The quantitative estimate of drug-likeness (QED) is 0.398. The minimum atomic E-state index is -4.42. The molecule has 4 fully saturated rings. The van der Waals surface area contributed by atoms with E-state index >= 15 is 0 Å². The molecule has 0 aromatic carbocycles. The standard InChI is InChI=1S/C29H51NO6S/c1-17(2)25(16-37(34,35)36)30-27(33)11-6-18(3)22-9-10-23-21-8-7-19-14-20(31)12-13-28(19,4)24(21)15-26(32)29(22,23)5/h17-26,31-32H,6-16H2,1-5H3,(H,30,33)(H,34,35,36)/p-1/t18-,19-,20-,21+,22-,23+,24+,25-,26+,28+,29-/m1/s1. The van der Waals surface area contributed by atoms with E-state index in [4.69, 9.17) is 0 Å². The van der Waals surface area contributed by atoms with Gasteiger partial charge in [0.2, 0.25) is 5.91 Å². The Morgan fingerprint density at radius 3 is 2.38 bits per heavy atom. The third kappa shape index (κ3) is 5.64. The second-order valence-corrected chi connectivity index (χ2v) is 15.5. The summed E-state index contributed by atoms with van der Waals surface area (Å²) >= 11 is 0. The van der Waals surface area contributed by atoms with Gasteiger partial charge in [0, 0.05) is 12.5 Å². The molecule has 3 N–H and O–H groups in total. The van der Waals surface area contributed by atoms with E-state index in [1.807, 2.05) is 0 Å². The Kier molecular flexibility index (Phi) is 8.47. The lowest BCUT2D eigenvalue weighted by atomic mass is 9.43. The molecule has 0 aromatic heterocycles. The smallest absolute Gasteiger partial charge is 0.220 e. The van der Waals surface area contributed by atoms with E-state index in [0.717, 1.165) is 38.5 Å². The van der Waals surface area contributed by atoms with E-state index in [2.05, 4.69) is 26.1 Å². The summed E-state index contributed by atoms with van der Waals surface area (Å²) in [6.45, 7) is 10.6. The molecule has 8 heteroatoms. The molecule has 0 spiro atoms. The van der Waals surface area contributed by atoms with Crippen LogP contribution in [-0.2, 0) is 14.9 Å². The van der Waals surface area contributed by atoms with E-state index in [9.17, 15) is 28.0 Å². The molecule has 7 nitrogen and oxygen atoms in total. The molecule has 4 aliphatic rings. The number of aliphatic hydroxyl groups is 2. The number of hydrogen-bond donors (Lipinski definition) is 3. The number of aliphatic hydroxyl groups excluding tert-OH is 2. The van der Waals surface area contributed by atoms with E-state index in [0.29, 0.717) is 42.4 Å². The van der Waals surface area contributed by atoms with Gasteiger partial charge in [-0.15, -0.1) is 0 Å². The van der Waals surface area contributed by atoms with Crippen molar-refractivity contribution in [2.24, 2.45) is 52.3 Å². The third-order valence-corrected chi connectivity index (χ3v) is 12.6. The first-order chi connectivity index (χ1) is 17.2. The van der Waals surface area contributed by atoms with Gasteiger partial charge in [-0.05, 0) is 110 Å². The van der Waals surface area contributed by atoms with Crippen LogP contribution in [0.15, 0.2) is 0 Å². The largest absolute Gasteiger partial charge is 0.748 e. The first-order valence-corrected chi connectivity index (χ1v) is 16.3. The second kappa shape index (κ2) is 10.7. The fourth-order valence-corrected chi connectivity index (χ4v) is 10.5. The molecule has 4 saturated carbocycles. The Bertz CT molecular complexity index is 939. The fourth-order valence-electron chi connectivity index (χ4n) is 9.62. The van der Waals surface area contributed by atoms with Crippen LogP contribution in [0.4, 0.5) is 0 Å². The van der Waals surface area contributed by atoms with Gasteiger partial charge in [0.25, 0.3) is 0 Å². The summed E-state index contributed by atoms with van der Waals surface area (Å²) in [5, 5.41) is 24.8. The number of rotatable bonds is 8. The highest BCUT2D eigenvalue weighted by Crippen LogP contribution is 2.68. The molecule has 0 heterocycles. The number of fused-ring (bicyclic) bond motifs is 5. The zero-order chi connectivity index (χ0) is 27.3. The number of carbonyl (C=O) groups is 1. The van der Waals surface area contributed by atoms with Gasteiger partial charge < -0.3 is 20.1 Å². The maximum absolute atomic E-state index is 12.7. The average Bonchev–Trinajstić information content (AvgIpc) is 3.16. The Morgan fingerprint density at radius 1 is 1.03 bits per heavy atom. The summed E-state index contributed by atoms with van der Waals surface area (Å²) in [4.78, 5) is 12.7. The molecule has 0 aromatic rings. The molecule has 4 rings (SSSR count). The van der Waals surface area contributed by atoms with Gasteiger partial charge >= 0.3 is 0 Å². The first-order valence-electron chi connectivity index (χ1n) is 14.8. The Balaban J connectivity index is 1.40. The molecular weight excluding hydrogens is 490 g/mol. The number of carbonyl (C=O) groups excluding carboxylic acids is 1. The van der Waals surface area contributed by atoms with Crippen LogP contribution in [0.3, 0.4) is 0 Å². The van der Waals surface area contributed by atoms with Crippen molar-refractivity contribution in [3.63, 3.8) is 0 Å². The van der Waals surface area contributed by atoms with Crippen LogP contribution in [0.25, 0.3) is 0 Å². The van der Waals surface area contributed by atoms with Crippen molar-refractivity contribution in [3.05, 3.63) is 0 Å². The SMILES string of the molecule is CC(C)[C@@H](CS(=O)(=O)[O-])NC(=O)CC[C@@H](C)[C@H]1CC[C@H]2[C@@H]3CC[C@@H]4C[C@H](O)CC[C@]4(C)[C@H]3C[C@H](O)[C@]12C. The normalized spacial score (nSPS) is 43.4. The minimum absolute atomic E-state index is 0.144. The molecule has 1 amide bonds. The predicted molar refractivity (Wildman–Crippen MR) is 142 cm³/mol. The van der Waals surface area contributed by atoms with Gasteiger partial charge in [-0.2, -0.15) is 0 Å². The van der Waals surface area contributed by atoms with Crippen molar-refractivity contribution in [1.29, 1.82) is 0 Å². The van der Waals surface area contributed by atoms with Gasteiger partial charge in [-0.25, -0.2) is 8.42 Å². The van der Waals surface area contributed by atoms with Crippen molar-refractivity contribution < 1.29 is 28.0 Å². The molecule has 4 aliphatic carbocycles. The van der Waals surface area contributed by atoms with Crippen LogP contribution in [-0.4, -0.2) is 53.1 Å². The van der Waals surface area contributed by atoms with Crippen molar-refractivity contribution in [3.8, 4) is 0 Å². The van der Waals surface area contributed by atoms with E-state index in [1.54, 1.807) is 13.8 Å².